The monoisotopic (exact) mass is 260 g/mol. The number of aromatic nitrogens is 2. The first-order chi connectivity index (χ1) is 8.60. The predicted octanol–water partition coefficient (Wildman–Crippen LogP) is 2.87. The van der Waals surface area contributed by atoms with E-state index < -0.39 is 0 Å². The number of benzene rings is 1. The van der Waals surface area contributed by atoms with Gasteiger partial charge in [0.05, 0.1) is 16.3 Å². The Hall–Kier alpha value is -1.99. The molecule has 1 heterocycles. The fourth-order valence-electron chi connectivity index (χ4n) is 1.74. The normalized spacial score (nSPS) is 10.1. The summed E-state index contributed by atoms with van der Waals surface area (Å²) in [6.07, 6.45) is 1.98. The van der Waals surface area contributed by atoms with E-state index in [-0.39, 0.29) is 0 Å². The molecule has 92 valence electrons. The van der Waals surface area contributed by atoms with E-state index in [1.54, 1.807) is 16.8 Å². The van der Waals surface area contributed by atoms with Gasteiger partial charge in [0.1, 0.15) is 6.07 Å². The maximum atomic E-state index is 8.79. The van der Waals surface area contributed by atoms with E-state index in [1.165, 1.54) is 0 Å². The highest BCUT2D eigenvalue weighted by Gasteiger charge is 2.04. The molecule has 5 heteroatoms. The summed E-state index contributed by atoms with van der Waals surface area (Å²) in [6, 6.07) is 7.34. The van der Waals surface area contributed by atoms with Crippen molar-refractivity contribution < 1.29 is 0 Å². The molecule has 0 spiro atoms. The Morgan fingerprint density at radius 1 is 1.50 bits per heavy atom. The first-order valence-electron chi connectivity index (χ1n) is 5.53. The van der Waals surface area contributed by atoms with E-state index in [0.717, 1.165) is 16.9 Å². The Labute approximate surface area is 111 Å². The predicted molar refractivity (Wildman–Crippen MR) is 71.4 cm³/mol. The molecular formula is C13H13ClN4. The van der Waals surface area contributed by atoms with Gasteiger partial charge in [0, 0.05) is 31.0 Å². The molecular weight excluding hydrogens is 248 g/mol. The van der Waals surface area contributed by atoms with Gasteiger partial charge in [-0.1, -0.05) is 11.6 Å². The topological polar surface area (TPSA) is 53.6 Å². The van der Waals surface area contributed by atoms with Crippen LogP contribution in [0.15, 0.2) is 24.4 Å². The largest absolute Gasteiger partial charge is 0.381 e. The third-order valence-corrected chi connectivity index (χ3v) is 3.00. The van der Waals surface area contributed by atoms with Crippen LogP contribution in [0.4, 0.5) is 5.69 Å². The van der Waals surface area contributed by atoms with Crippen molar-refractivity contribution in [2.75, 3.05) is 5.32 Å². The van der Waals surface area contributed by atoms with Crippen molar-refractivity contribution in [3.8, 4) is 6.07 Å². The van der Waals surface area contributed by atoms with Crippen LogP contribution < -0.4 is 5.32 Å². The van der Waals surface area contributed by atoms with Crippen molar-refractivity contribution in [3.63, 3.8) is 0 Å². The fourth-order valence-corrected chi connectivity index (χ4v) is 1.96. The molecule has 0 aliphatic heterocycles. The van der Waals surface area contributed by atoms with Crippen LogP contribution in [0.25, 0.3) is 0 Å². The Morgan fingerprint density at radius 3 is 2.83 bits per heavy atom. The molecule has 0 saturated carbocycles. The maximum Gasteiger partial charge on any atom is 0.101 e. The lowest BCUT2D eigenvalue weighted by Gasteiger charge is -2.06. The van der Waals surface area contributed by atoms with Gasteiger partial charge in [-0.15, -0.1) is 0 Å². The van der Waals surface area contributed by atoms with E-state index >= 15 is 0 Å². The molecule has 0 saturated heterocycles. The van der Waals surface area contributed by atoms with Crippen molar-refractivity contribution in [2.24, 2.45) is 7.05 Å². The van der Waals surface area contributed by atoms with Crippen LogP contribution in [0.5, 0.6) is 0 Å². The van der Waals surface area contributed by atoms with Crippen LogP contribution in [-0.2, 0) is 13.6 Å². The fraction of sp³-hybridized carbons (Fsp3) is 0.231. The molecule has 18 heavy (non-hydrogen) atoms. The molecule has 1 aromatic heterocycles. The lowest BCUT2D eigenvalue weighted by molar-refractivity contribution is 0.756. The minimum absolute atomic E-state index is 0.463. The smallest absolute Gasteiger partial charge is 0.101 e. The maximum absolute atomic E-state index is 8.79. The van der Waals surface area contributed by atoms with Gasteiger partial charge in [-0.05, 0) is 25.1 Å². The van der Waals surface area contributed by atoms with Crippen molar-refractivity contribution >= 4 is 17.3 Å². The Balaban J connectivity index is 2.09. The molecule has 0 aliphatic carbocycles. The third-order valence-electron chi connectivity index (χ3n) is 2.69. The van der Waals surface area contributed by atoms with Crippen molar-refractivity contribution in [3.05, 3.63) is 46.2 Å². The molecule has 4 nitrogen and oxygen atoms in total. The van der Waals surface area contributed by atoms with Gasteiger partial charge < -0.3 is 5.32 Å². The van der Waals surface area contributed by atoms with Crippen molar-refractivity contribution in [1.82, 2.24) is 9.78 Å². The molecule has 0 fully saturated rings. The third kappa shape index (κ3) is 2.63. The summed E-state index contributed by atoms with van der Waals surface area (Å²) in [6.45, 7) is 2.66. The number of hydrogen-bond donors (Lipinski definition) is 1. The summed E-state index contributed by atoms with van der Waals surface area (Å²) in [7, 11) is 1.90. The minimum atomic E-state index is 0.463. The van der Waals surface area contributed by atoms with Gasteiger partial charge in [0.25, 0.3) is 0 Å². The van der Waals surface area contributed by atoms with Gasteiger partial charge in [-0.2, -0.15) is 10.4 Å². The number of nitrogens with one attached hydrogen (secondary N) is 1. The molecule has 0 bridgehead atoms. The Kier molecular flexibility index (Phi) is 3.54. The van der Waals surface area contributed by atoms with Crippen molar-refractivity contribution in [1.29, 1.82) is 5.26 Å². The zero-order valence-corrected chi connectivity index (χ0v) is 11.0. The zero-order valence-electron chi connectivity index (χ0n) is 10.2. The quantitative estimate of drug-likeness (QED) is 0.923. The van der Waals surface area contributed by atoms with Crippen molar-refractivity contribution in [2.45, 2.75) is 13.5 Å². The highest BCUT2D eigenvalue weighted by Crippen LogP contribution is 2.20. The zero-order chi connectivity index (χ0) is 13.1. The van der Waals surface area contributed by atoms with Crippen LogP contribution in [-0.4, -0.2) is 9.78 Å². The van der Waals surface area contributed by atoms with Gasteiger partial charge in [0.2, 0.25) is 0 Å². The molecule has 1 N–H and O–H groups in total. The van der Waals surface area contributed by atoms with Crippen LogP contribution >= 0.6 is 11.6 Å². The van der Waals surface area contributed by atoms with E-state index in [0.29, 0.717) is 17.1 Å². The van der Waals surface area contributed by atoms with Gasteiger partial charge >= 0.3 is 0 Å². The number of aryl methyl sites for hydroxylation is 2. The average molecular weight is 261 g/mol. The molecule has 0 aliphatic rings. The first-order valence-corrected chi connectivity index (χ1v) is 5.90. The summed E-state index contributed by atoms with van der Waals surface area (Å²) < 4.78 is 1.79. The molecule has 1 aromatic carbocycles. The molecule has 0 amide bonds. The summed E-state index contributed by atoms with van der Waals surface area (Å²) in [5, 5.41) is 16.8. The van der Waals surface area contributed by atoms with E-state index in [4.69, 9.17) is 16.9 Å². The Morgan fingerprint density at radius 2 is 2.28 bits per heavy atom. The van der Waals surface area contributed by atoms with Gasteiger partial charge in [-0.25, -0.2) is 0 Å². The summed E-state index contributed by atoms with van der Waals surface area (Å²) in [5.41, 5.74) is 3.52. The number of rotatable bonds is 3. The van der Waals surface area contributed by atoms with E-state index in [9.17, 15) is 0 Å². The number of nitrogens with zero attached hydrogens (tertiary/aromatic N) is 3. The SMILES string of the molecule is Cc1nn(C)cc1CNc1ccc(C#N)c(Cl)c1. The number of anilines is 1. The molecule has 0 atom stereocenters. The Bertz CT molecular complexity index is 610. The second kappa shape index (κ2) is 5.11. The minimum Gasteiger partial charge on any atom is -0.381 e. The van der Waals surface area contributed by atoms with Gasteiger partial charge in [0.15, 0.2) is 0 Å². The average Bonchev–Trinajstić information content (AvgIpc) is 2.65. The lowest BCUT2D eigenvalue weighted by Crippen LogP contribution is -2.00. The van der Waals surface area contributed by atoms with Crippen LogP contribution in [0, 0.1) is 18.3 Å². The molecule has 2 rings (SSSR count). The number of hydrogen-bond acceptors (Lipinski definition) is 3. The molecule has 0 unspecified atom stereocenters. The van der Waals surface area contributed by atoms with E-state index in [2.05, 4.69) is 10.4 Å². The summed E-state index contributed by atoms with van der Waals surface area (Å²) in [4.78, 5) is 0. The van der Waals surface area contributed by atoms with Crippen LogP contribution in [0.2, 0.25) is 5.02 Å². The van der Waals surface area contributed by atoms with Gasteiger partial charge in [-0.3, -0.25) is 4.68 Å². The molecule has 2 aromatic rings. The summed E-state index contributed by atoms with van der Waals surface area (Å²) >= 11 is 5.97. The summed E-state index contributed by atoms with van der Waals surface area (Å²) in [5.74, 6) is 0. The second-order valence-electron chi connectivity index (χ2n) is 4.07. The first kappa shape index (κ1) is 12.5. The molecule has 0 radical (unpaired) electrons. The number of halogens is 1. The standard InChI is InChI=1S/C13H13ClN4/c1-9-11(8-18(2)17-9)7-16-12-4-3-10(6-15)13(14)5-12/h3-5,8,16H,7H2,1-2H3. The van der Waals surface area contributed by atoms with Crippen LogP contribution in [0.3, 0.4) is 0 Å². The number of nitriles is 1. The lowest BCUT2D eigenvalue weighted by atomic mass is 10.2. The highest BCUT2D eigenvalue weighted by atomic mass is 35.5. The van der Waals surface area contributed by atoms with E-state index in [1.807, 2.05) is 32.3 Å². The highest BCUT2D eigenvalue weighted by molar-refractivity contribution is 6.32. The van der Waals surface area contributed by atoms with Crippen LogP contribution in [0.1, 0.15) is 16.8 Å². The second-order valence-corrected chi connectivity index (χ2v) is 4.48.